The minimum Gasteiger partial charge on any atom is -0.493 e. The van der Waals surface area contributed by atoms with E-state index in [1.54, 1.807) is 12.1 Å². The number of nitrogens with one attached hydrogen (secondary N) is 1. The Labute approximate surface area is 152 Å². The Kier molecular flexibility index (Phi) is 4.73. The van der Waals surface area contributed by atoms with Crippen LogP contribution in [0, 0.1) is 0 Å². The standard InChI is InChI=1S/C19H16F3NO4/c1-25-14-8-12-13(9-15(14)26-2)23-17(18(24)27-3)16(12)10-4-6-11(7-5-10)19(20,21)22/h4-9,23H,1-3H3. The van der Waals surface area contributed by atoms with Gasteiger partial charge in [-0.2, -0.15) is 13.2 Å². The Morgan fingerprint density at radius 1 is 0.963 bits per heavy atom. The number of H-pyrrole nitrogens is 1. The zero-order chi connectivity index (χ0) is 19.8. The highest BCUT2D eigenvalue weighted by molar-refractivity contribution is 6.08. The summed E-state index contributed by atoms with van der Waals surface area (Å²) in [7, 11) is 4.17. The topological polar surface area (TPSA) is 60.6 Å². The van der Waals surface area contributed by atoms with Crippen molar-refractivity contribution in [2.45, 2.75) is 6.18 Å². The van der Waals surface area contributed by atoms with Crippen molar-refractivity contribution in [3.63, 3.8) is 0 Å². The summed E-state index contributed by atoms with van der Waals surface area (Å²) < 4.78 is 53.9. The lowest BCUT2D eigenvalue weighted by molar-refractivity contribution is -0.137. The number of aromatic nitrogens is 1. The van der Waals surface area contributed by atoms with E-state index in [0.29, 0.717) is 33.5 Å². The number of aromatic amines is 1. The van der Waals surface area contributed by atoms with Crippen LogP contribution in [0.15, 0.2) is 36.4 Å². The van der Waals surface area contributed by atoms with E-state index in [-0.39, 0.29) is 5.69 Å². The molecular formula is C19H16F3NO4. The van der Waals surface area contributed by atoms with Crippen LogP contribution in [-0.2, 0) is 10.9 Å². The number of ether oxygens (including phenoxy) is 3. The molecule has 0 fully saturated rings. The normalized spacial score (nSPS) is 11.5. The Morgan fingerprint density at radius 3 is 2.07 bits per heavy atom. The number of methoxy groups -OCH3 is 3. The molecule has 0 aliphatic heterocycles. The van der Waals surface area contributed by atoms with Crippen molar-refractivity contribution in [1.29, 1.82) is 0 Å². The summed E-state index contributed by atoms with van der Waals surface area (Å²) >= 11 is 0. The van der Waals surface area contributed by atoms with Crippen LogP contribution in [0.4, 0.5) is 13.2 Å². The first-order valence-corrected chi connectivity index (χ1v) is 7.83. The molecule has 142 valence electrons. The van der Waals surface area contributed by atoms with E-state index in [4.69, 9.17) is 14.2 Å². The van der Waals surface area contributed by atoms with Gasteiger partial charge in [-0.15, -0.1) is 0 Å². The molecule has 0 radical (unpaired) electrons. The molecule has 1 aromatic heterocycles. The second-order valence-electron chi connectivity index (χ2n) is 5.69. The maximum absolute atomic E-state index is 12.8. The first-order chi connectivity index (χ1) is 12.8. The molecule has 0 unspecified atom stereocenters. The van der Waals surface area contributed by atoms with Crippen molar-refractivity contribution in [3.05, 3.63) is 47.7 Å². The number of carbonyl (C=O) groups is 1. The van der Waals surface area contributed by atoms with Crippen molar-refractivity contribution in [2.24, 2.45) is 0 Å². The molecule has 3 rings (SSSR count). The second-order valence-corrected chi connectivity index (χ2v) is 5.69. The number of fused-ring (bicyclic) bond motifs is 1. The third-order valence-electron chi connectivity index (χ3n) is 4.19. The van der Waals surface area contributed by atoms with Crippen molar-refractivity contribution in [3.8, 4) is 22.6 Å². The Balaban J connectivity index is 2.27. The SMILES string of the molecule is COC(=O)c1[nH]c2cc(OC)c(OC)cc2c1-c1ccc(C(F)(F)F)cc1. The lowest BCUT2D eigenvalue weighted by atomic mass is 10.00. The molecule has 1 heterocycles. The van der Waals surface area contributed by atoms with Gasteiger partial charge in [-0.1, -0.05) is 12.1 Å². The van der Waals surface area contributed by atoms with E-state index in [2.05, 4.69) is 4.98 Å². The molecule has 27 heavy (non-hydrogen) atoms. The summed E-state index contributed by atoms with van der Waals surface area (Å²) in [6.07, 6.45) is -4.44. The van der Waals surface area contributed by atoms with Crippen LogP contribution in [0.5, 0.6) is 11.5 Å². The van der Waals surface area contributed by atoms with E-state index >= 15 is 0 Å². The predicted molar refractivity (Wildman–Crippen MR) is 93.2 cm³/mol. The number of halogens is 3. The van der Waals surface area contributed by atoms with Gasteiger partial charge >= 0.3 is 12.1 Å². The third-order valence-corrected chi connectivity index (χ3v) is 4.19. The van der Waals surface area contributed by atoms with Crippen LogP contribution < -0.4 is 9.47 Å². The van der Waals surface area contributed by atoms with Gasteiger partial charge in [0.05, 0.1) is 32.4 Å². The summed E-state index contributed by atoms with van der Waals surface area (Å²) in [4.78, 5) is 15.2. The fraction of sp³-hybridized carbons (Fsp3) is 0.211. The van der Waals surface area contributed by atoms with E-state index in [9.17, 15) is 18.0 Å². The molecule has 0 amide bonds. The van der Waals surface area contributed by atoms with Crippen molar-refractivity contribution in [1.82, 2.24) is 4.98 Å². The van der Waals surface area contributed by atoms with Gasteiger partial charge < -0.3 is 19.2 Å². The molecule has 8 heteroatoms. The van der Waals surface area contributed by atoms with E-state index in [1.807, 2.05) is 0 Å². The highest BCUT2D eigenvalue weighted by atomic mass is 19.4. The molecule has 0 bridgehead atoms. The van der Waals surface area contributed by atoms with Gasteiger partial charge in [0.25, 0.3) is 0 Å². The molecule has 2 aromatic carbocycles. The largest absolute Gasteiger partial charge is 0.493 e. The molecule has 0 aliphatic rings. The van der Waals surface area contributed by atoms with Crippen molar-refractivity contribution in [2.75, 3.05) is 21.3 Å². The summed E-state index contributed by atoms with van der Waals surface area (Å²) in [5, 5.41) is 0.591. The quantitative estimate of drug-likeness (QED) is 0.670. The van der Waals surface area contributed by atoms with Gasteiger partial charge in [0.2, 0.25) is 0 Å². The molecule has 0 atom stereocenters. The van der Waals surface area contributed by atoms with Crippen LogP contribution in [0.2, 0.25) is 0 Å². The molecular weight excluding hydrogens is 363 g/mol. The second kappa shape index (κ2) is 6.86. The molecule has 3 aromatic rings. The minimum atomic E-state index is -4.44. The molecule has 0 spiro atoms. The molecule has 5 nitrogen and oxygen atoms in total. The van der Waals surface area contributed by atoms with Crippen LogP contribution in [0.3, 0.4) is 0 Å². The summed E-state index contributed by atoms with van der Waals surface area (Å²) in [5.41, 5.74) is 0.767. The first kappa shape index (κ1) is 18.6. The summed E-state index contributed by atoms with van der Waals surface area (Å²) in [6.45, 7) is 0. The number of carbonyl (C=O) groups excluding carboxylic acids is 1. The number of esters is 1. The zero-order valence-corrected chi connectivity index (χ0v) is 14.7. The predicted octanol–water partition coefficient (Wildman–Crippen LogP) is 4.66. The summed E-state index contributed by atoms with van der Waals surface area (Å²) in [5.74, 6) is 0.231. The number of benzene rings is 2. The van der Waals surface area contributed by atoms with E-state index in [1.165, 1.54) is 33.5 Å². The lowest BCUT2D eigenvalue weighted by Crippen LogP contribution is -2.05. The average molecular weight is 379 g/mol. The van der Waals surface area contributed by atoms with Crippen molar-refractivity contribution < 1.29 is 32.2 Å². The van der Waals surface area contributed by atoms with Crippen LogP contribution in [-0.4, -0.2) is 32.3 Å². The molecule has 0 saturated heterocycles. The third kappa shape index (κ3) is 3.30. The highest BCUT2D eigenvalue weighted by Gasteiger charge is 2.30. The maximum Gasteiger partial charge on any atom is 0.416 e. The lowest BCUT2D eigenvalue weighted by Gasteiger charge is -2.10. The smallest absolute Gasteiger partial charge is 0.416 e. The number of hydrogen-bond acceptors (Lipinski definition) is 4. The Morgan fingerprint density at radius 2 is 1.56 bits per heavy atom. The van der Waals surface area contributed by atoms with Crippen molar-refractivity contribution >= 4 is 16.9 Å². The molecule has 1 N–H and O–H groups in total. The molecule has 0 aliphatic carbocycles. The van der Waals surface area contributed by atoms with Gasteiger partial charge in [-0.25, -0.2) is 4.79 Å². The van der Waals surface area contributed by atoms with E-state index < -0.39 is 17.7 Å². The van der Waals surface area contributed by atoms with E-state index in [0.717, 1.165) is 12.1 Å². The monoisotopic (exact) mass is 379 g/mol. The Bertz CT molecular complexity index is 991. The zero-order valence-electron chi connectivity index (χ0n) is 14.7. The minimum absolute atomic E-state index is 0.127. The first-order valence-electron chi connectivity index (χ1n) is 7.83. The number of hydrogen-bond donors (Lipinski definition) is 1. The number of alkyl halides is 3. The average Bonchev–Trinajstić information content (AvgIpc) is 3.03. The maximum atomic E-state index is 12.8. The van der Waals surface area contributed by atoms with Crippen LogP contribution in [0.25, 0.3) is 22.0 Å². The van der Waals surface area contributed by atoms with Gasteiger partial charge in [-0.3, -0.25) is 0 Å². The fourth-order valence-corrected chi connectivity index (χ4v) is 2.90. The Hall–Kier alpha value is -3.16. The van der Waals surface area contributed by atoms with Crippen LogP contribution in [0.1, 0.15) is 16.1 Å². The molecule has 0 saturated carbocycles. The highest BCUT2D eigenvalue weighted by Crippen LogP contribution is 2.40. The van der Waals surface area contributed by atoms with Crippen LogP contribution >= 0.6 is 0 Å². The van der Waals surface area contributed by atoms with Gasteiger partial charge in [0.1, 0.15) is 5.69 Å². The number of rotatable bonds is 4. The fourth-order valence-electron chi connectivity index (χ4n) is 2.90. The van der Waals surface area contributed by atoms with Gasteiger partial charge in [-0.05, 0) is 23.8 Å². The van der Waals surface area contributed by atoms with Gasteiger partial charge in [0, 0.05) is 17.0 Å². The summed E-state index contributed by atoms with van der Waals surface area (Å²) in [6, 6.07) is 7.87. The van der Waals surface area contributed by atoms with Gasteiger partial charge in [0.15, 0.2) is 11.5 Å².